The van der Waals surface area contributed by atoms with E-state index in [9.17, 15) is 14.7 Å². The lowest BCUT2D eigenvalue weighted by molar-refractivity contribution is -0.145. The molecule has 2 N–H and O–H groups in total. The van der Waals surface area contributed by atoms with E-state index in [0.717, 1.165) is 0 Å². The molecule has 1 aliphatic heterocycles. The number of rotatable bonds is 5. The Bertz CT molecular complexity index is 1070. The van der Waals surface area contributed by atoms with E-state index < -0.39 is 24.0 Å². The van der Waals surface area contributed by atoms with Gasteiger partial charge in [-0.15, -0.1) is 0 Å². The molecule has 8 nitrogen and oxygen atoms in total. The molecule has 4 rings (SSSR count). The van der Waals surface area contributed by atoms with Crippen molar-refractivity contribution >= 4 is 17.5 Å². The highest BCUT2D eigenvalue weighted by atomic mass is 16.5. The number of fused-ring (bicyclic) bond motifs is 2. The van der Waals surface area contributed by atoms with Crippen LogP contribution >= 0.6 is 0 Å². The van der Waals surface area contributed by atoms with Gasteiger partial charge in [0.2, 0.25) is 6.10 Å². The molecule has 0 aliphatic carbocycles. The molecule has 28 heavy (non-hydrogen) atoms. The number of carboxylic acids is 1. The van der Waals surface area contributed by atoms with Crippen LogP contribution in [0, 0.1) is 6.92 Å². The molecule has 1 amide bonds. The van der Waals surface area contributed by atoms with Crippen LogP contribution in [0.2, 0.25) is 0 Å². The van der Waals surface area contributed by atoms with Gasteiger partial charge >= 0.3 is 5.97 Å². The summed E-state index contributed by atoms with van der Waals surface area (Å²) in [7, 11) is 0. The molecular formula is C20H19N3O5. The Morgan fingerprint density at radius 3 is 2.82 bits per heavy atom. The van der Waals surface area contributed by atoms with E-state index in [2.05, 4.69) is 10.3 Å². The molecule has 1 aliphatic rings. The average Bonchev–Trinajstić information content (AvgIpc) is 3.20. The fourth-order valence-corrected chi connectivity index (χ4v) is 3.47. The maximum absolute atomic E-state index is 13.1. The molecule has 0 fully saturated rings. The van der Waals surface area contributed by atoms with Crippen molar-refractivity contribution in [3.63, 3.8) is 0 Å². The first-order chi connectivity index (χ1) is 13.5. The number of amides is 1. The summed E-state index contributed by atoms with van der Waals surface area (Å²) >= 11 is 0. The molecule has 2 atom stereocenters. The third-order valence-electron chi connectivity index (χ3n) is 4.64. The summed E-state index contributed by atoms with van der Waals surface area (Å²) in [6.45, 7) is 4.07. The monoisotopic (exact) mass is 381 g/mol. The van der Waals surface area contributed by atoms with E-state index in [-0.39, 0.29) is 0 Å². The maximum Gasteiger partial charge on any atom is 0.347 e. The molecule has 3 aromatic rings. The summed E-state index contributed by atoms with van der Waals surface area (Å²) < 4.78 is 12.7. The largest absolute Gasteiger partial charge is 0.490 e. The lowest BCUT2D eigenvalue weighted by Crippen LogP contribution is -2.40. The van der Waals surface area contributed by atoms with Crippen molar-refractivity contribution < 1.29 is 24.2 Å². The number of hydrogen-bond acceptors (Lipinski definition) is 5. The van der Waals surface area contributed by atoms with Gasteiger partial charge in [0, 0.05) is 11.8 Å². The van der Waals surface area contributed by atoms with Crippen LogP contribution in [0.15, 0.2) is 42.6 Å². The van der Waals surface area contributed by atoms with Crippen LogP contribution in [-0.2, 0) is 4.79 Å². The molecular weight excluding hydrogens is 362 g/mol. The van der Waals surface area contributed by atoms with Crippen LogP contribution < -0.4 is 14.8 Å². The number of hydrogen-bond donors (Lipinski definition) is 2. The van der Waals surface area contributed by atoms with Crippen molar-refractivity contribution in [2.75, 3.05) is 6.61 Å². The number of carboxylic acid groups (broad SMARTS) is 1. The van der Waals surface area contributed by atoms with E-state index in [4.69, 9.17) is 9.47 Å². The number of aliphatic carboxylic acids is 1. The Kier molecular flexibility index (Phi) is 4.38. The molecule has 1 aromatic carbocycles. The highest BCUT2D eigenvalue weighted by Crippen LogP contribution is 2.37. The smallest absolute Gasteiger partial charge is 0.347 e. The highest BCUT2D eigenvalue weighted by molar-refractivity contribution is 5.96. The number of pyridine rings is 1. The molecule has 0 spiro atoms. The zero-order chi connectivity index (χ0) is 19.8. The summed E-state index contributed by atoms with van der Waals surface area (Å²) in [6.07, 6.45) is 0.528. The number of aryl methyl sites for hydroxylation is 1. The van der Waals surface area contributed by atoms with Crippen molar-refractivity contribution in [1.29, 1.82) is 0 Å². The zero-order valence-electron chi connectivity index (χ0n) is 15.4. The number of aromatic nitrogens is 2. The van der Waals surface area contributed by atoms with Gasteiger partial charge in [-0.05, 0) is 32.0 Å². The zero-order valence-corrected chi connectivity index (χ0v) is 15.4. The first-order valence-corrected chi connectivity index (χ1v) is 8.91. The number of nitrogens with one attached hydrogen (secondary N) is 1. The molecule has 0 saturated heterocycles. The molecule has 1 unspecified atom stereocenters. The van der Waals surface area contributed by atoms with Gasteiger partial charge in [-0.2, -0.15) is 0 Å². The summed E-state index contributed by atoms with van der Waals surface area (Å²) in [6, 6.07) is 9.72. The van der Waals surface area contributed by atoms with Crippen LogP contribution in [-0.4, -0.2) is 39.1 Å². The molecule has 144 valence electrons. The maximum atomic E-state index is 13.1. The van der Waals surface area contributed by atoms with Gasteiger partial charge < -0.3 is 19.9 Å². The standard InChI is InChI=1S/C20H19N3O5/c1-3-27-14-9-6-10-23-16(11(2)21-18(14)23)19(24)22-15-12-7-4-5-8-13(12)28-17(15)20(25)26/h4-10,15,17H,3H2,1-2H3,(H,22,24)(H,25,26)/t15?,17-/m0/s1. The topological polar surface area (TPSA) is 102 Å². The second-order valence-corrected chi connectivity index (χ2v) is 6.41. The number of ether oxygens (including phenoxy) is 2. The van der Waals surface area contributed by atoms with Gasteiger partial charge in [0.1, 0.15) is 17.5 Å². The van der Waals surface area contributed by atoms with Gasteiger partial charge in [0.05, 0.1) is 12.3 Å². The van der Waals surface area contributed by atoms with Crippen molar-refractivity contribution in [1.82, 2.24) is 14.7 Å². The predicted molar refractivity (Wildman–Crippen MR) is 99.8 cm³/mol. The number of carbonyl (C=O) groups is 2. The predicted octanol–water partition coefficient (Wildman–Crippen LogP) is 2.36. The van der Waals surface area contributed by atoms with Gasteiger partial charge in [0.25, 0.3) is 5.91 Å². The first-order valence-electron chi connectivity index (χ1n) is 8.91. The summed E-state index contributed by atoms with van der Waals surface area (Å²) in [5, 5.41) is 12.3. The Labute approximate surface area is 160 Å². The van der Waals surface area contributed by atoms with Crippen LogP contribution in [0.25, 0.3) is 5.65 Å². The number of nitrogens with zero attached hydrogens (tertiary/aromatic N) is 2. The lowest BCUT2D eigenvalue weighted by Gasteiger charge is -2.17. The first kappa shape index (κ1) is 17.8. The fraction of sp³-hybridized carbons (Fsp3) is 0.250. The highest BCUT2D eigenvalue weighted by Gasteiger charge is 2.40. The second-order valence-electron chi connectivity index (χ2n) is 6.41. The number of imidazole rings is 1. The molecule has 2 aromatic heterocycles. The van der Waals surface area contributed by atoms with E-state index in [1.807, 2.05) is 6.92 Å². The summed E-state index contributed by atoms with van der Waals surface area (Å²) in [5.74, 6) is -0.552. The van der Waals surface area contributed by atoms with E-state index in [1.165, 1.54) is 0 Å². The Morgan fingerprint density at radius 2 is 2.07 bits per heavy atom. The summed E-state index contributed by atoms with van der Waals surface area (Å²) in [4.78, 5) is 29.2. The van der Waals surface area contributed by atoms with Crippen LogP contribution in [0.3, 0.4) is 0 Å². The van der Waals surface area contributed by atoms with Gasteiger partial charge in [-0.3, -0.25) is 9.20 Å². The van der Waals surface area contributed by atoms with Crippen LogP contribution in [0.5, 0.6) is 11.5 Å². The molecule has 0 radical (unpaired) electrons. The number of para-hydroxylation sites is 1. The Hall–Kier alpha value is -3.55. The Morgan fingerprint density at radius 1 is 1.29 bits per heavy atom. The van der Waals surface area contributed by atoms with Gasteiger partial charge in [-0.25, -0.2) is 9.78 Å². The van der Waals surface area contributed by atoms with Crippen LogP contribution in [0.1, 0.15) is 34.7 Å². The third-order valence-corrected chi connectivity index (χ3v) is 4.64. The average molecular weight is 381 g/mol. The van der Waals surface area contributed by atoms with Crippen molar-refractivity contribution in [3.05, 3.63) is 59.5 Å². The van der Waals surface area contributed by atoms with E-state index >= 15 is 0 Å². The van der Waals surface area contributed by atoms with Gasteiger partial charge in [0.15, 0.2) is 11.4 Å². The SMILES string of the molecule is CCOc1cccn2c(C(=O)NC3c4ccccc4O[C@@H]3C(=O)O)c(C)nc12. The van der Waals surface area contributed by atoms with Crippen LogP contribution in [0.4, 0.5) is 0 Å². The minimum Gasteiger partial charge on any atom is -0.490 e. The minimum atomic E-state index is -1.19. The van der Waals surface area contributed by atoms with Gasteiger partial charge in [-0.1, -0.05) is 18.2 Å². The van der Waals surface area contributed by atoms with Crippen molar-refractivity contribution in [2.24, 2.45) is 0 Å². The quantitative estimate of drug-likeness (QED) is 0.703. The minimum absolute atomic E-state index is 0.324. The summed E-state index contributed by atoms with van der Waals surface area (Å²) in [5.41, 5.74) is 2.00. The Balaban J connectivity index is 1.71. The molecule has 8 heteroatoms. The van der Waals surface area contributed by atoms with Crippen molar-refractivity contribution in [3.8, 4) is 11.5 Å². The third kappa shape index (κ3) is 2.83. The molecule has 0 bridgehead atoms. The normalized spacial score (nSPS) is 17.8. The lowest BCUT2D eigenvalue weighted by atomic mass is 10.0. The second kappa shape index (κ2) is 6.88. The number of carbonyl (C=O) groups excluding carboxylic acids is 1. The molecule has 3 heterocycles. The van der Waals surface area contributed by atoms with E-state index in [0.29, 0.717) is 40.7 Å². The fourth-order valence-electron chi connectivity index (χ4n) is 3.47. The number of benzene rings is 1. The van der Waals surface area contributed by atoms with Crippen molar-refractivity contribution in [2.45, 2.75) is 26.0 Å². The van der Waals surface area contributed by atoms with E-state index in [1.54, 1.807) is 53.9 Å². The molecule has 0 saturated carbocycles.